The Labute approximate surface area is 176 Å². The minimum absolute atomic E-state index is 0.104. The SMILES string of the molecule is O=C(CCOc1ccccc1-c1ccccc1)Nc1ccc(N2CCOCC2)nc1. The standard InChI is InChI=1S/C24H25N3O3/c28-24(26-20-10-11-23(25-18-20)27-13-16-29-17-14-27)12-15-30-22-9-5-4-8-21(22)19-6-2-1-3-7-19/h1-11,18H,12-17H2,(H,26,28). The van der Waals surface area contributed by atoms with Crippen molar-refractivity contribution in [2.75, 3.05) is 43.1 Å². The molecule has 154 valence electrons. The molecular weight excluding hydrogens is 378 g/mol. The van der Waals surface area contributed by atoms with E-state index in [2.05, 4.69) is 15.2 Å². The Kier molecular flexibility index (Phi) is 6.57. The molecule has 1 fully saturated rings. The fourth-order valence-corrected chi connectivity index (χ4v) is 3.37. The largest absolute Gasteiger partial charge is 0.492 e. The van der Waals surface area contributed by atoms with Crippen LogP contribution in [0.25, 0.3) is 11.1 Å². The number of carbonyl (C=O) groups excluding carboxylic acids is 1. The van der Waals surface area contributed by atoms with Gasteiger partial charge in [-0.15, -0.1) is 0 Å². The maximum absolute atomic E-state index is 12.3. The van der Waals surface area contributed by atoms with Crippen LogP contribution in [0, 0.1) is 0 Å². The number of rotatable bonds is 7. The average molecular weight is 403 g/mol. The molecule has 1 N–H and O–H groups in total. The number of nitrogens with one attached hydrogen (secondary N) is 1. The Morgan fingerprint density at radius 2 is 1.77 bits per heavy atom. The Hall–Kier alpha value is -3.38. The normalized spacial score (nSPS) is 13.7. The fraction of sp³-hybridized carbons (Fsp3) is 0.250. The lowest BCUT2D eigenvalue weighted by Crippen LogP contribution is -2.36. The van der Waals surface area contributed by atoms with Gasteiger partial charge < -0.3 is 19.7 Å². The molecule has 1 aliphatic heterocycles. The number of ether oxygens (including phenoxy) is 2. The summed E-state index contributed by atoms with van der Waals surface area (Å²) in [5, 5.41) is 2.88. The van der Waals surface area contributed by atoms with E-state index in [4.69, 9.17) is 9.47 Å². The van der Waals surface area contributed by atoms with Crippen molar-refractivity contribution in [3.05, 3.63) is 72.9 Å². The Balaban J connectivity index is 1.29. The van der Waals surface area contributed by atoms with E-state index in [9.17, 15) is 4.79 Å². The zero-order chi connectivity index (χ0) is 20.6. The van der Waals surface area contributed by atoms with Gasteiger partial charge in [-0.2, -0.15) is 0 Å². The first-order valence-corrected chi connectivity index (χ1v) is 10.2. The van der Waals surface area contributed by atoms with E-state index in [0.29, 0.717) is 25.5 Å². The van der Waals surface area contributed by atoms with Crippen LogP contribution in [-0.4, -0.2) is 43.8 Å². The van der Waals surface area contributed by atoms with Crippen LogP contribution in [0.15, 0.2) is 72.9 Å². The molecule has 1 saturated heterocycles. The van der Waals surface area contributed by atoms with Gasteiger partial charge in [0.2, 0.25) is 5.91 Å². The van der Waals surface area contributed by atoms with Crippen molar-refractivity contribution in [1.29, 1.82) is 0 Å². The summed E-state index contributed by atoms with van der Waals surface area (Å²) in [6.07, 6.45) is 1.95. The van der Waals surface area contributed by atoms with Gasteiger partial charge >= 0.3 is 0 Å². The molecule has 4 rings (SSSR count). The van der Waals surface area contributed by atoms with Gasteiger partial charge in [0.25, 0.3) is 0 Å². The van der Waals surface area contributed by atoms with Crippen LogP contribution < -0.4 is 15.0 Å². The number of anilines is 2. The summed E-state index contributed by atoms with van der Waals surface area (Å²) in [6, 6.07) is 21.7. The zero-order valence-corrected chi connectivity index (χ0v) is 16.8. The van der Waals surface area contributed by atoms with E-state index >= 15 is 0 Å². The number of benzene rings is 2. The van der Waals surface area contributed by atoms with Crippen molar-refractivity contribution >= 4 is 17.4 Å². The minimum atomic E-state index is -0.104. The second-order valence-corrected chi connectivity index (χ2v) is 7.01. The second-order valence-electron chi connectivity index (χ2n) is 7.01. The third-order valence-electron chi connectivity index (χ3n) is 4.93. The zero-order valence-electron chi connectivity index (χ0n) is 16.8. The molecule has 0 atom stereocenters. The smallest absolute Gasteiger partial charge is 0.227 e. The van der Waals surface area contributed by atoms with Gasteiger partial charge in [-0.05, 0) is 23.8 Å². The lowest BCUT2D eigenvalue weighted by atomic mass is 10.1. The van der Waals surface area contributed by atoms with E-state index in [1.807, 2.05) is 66.7 Å². The molecule has 0 unspecified atom stereocenters. The monoisotopic (exact) mass is 403 g/mol. The van der Waals surface area contributed by atoms with Crippen molar-refractivity contribution in [1.82, 2.24) is 4.98 Å². The topological polar surface area (TPSA) is 63.7 Å². The summed E-state index contributed by atoms with van der Waals surface area (Å²) in [4.78, 5) is 18.9. The van der Waals surface area contributed by atoms with Gasteiger partial charge in [0.1, 0.15) is 11.6 Å². The molecule has 2 aromatic carbocycles. The molecule has 1 amide bonds. The number of amides is 1. The second kappa shape index (κ2) is 9.89. The van der Waals surface area contributed by atoms with Crippen LogP contribution in [0.2, 0.25) is 0 Å². The summed E-state index contributed by atoms with van der Waals surface area (Å²) < 4.78 is 11.3. The first-order valence-electron chi connectivity index (χ1n) is 10.2. The van der Waals surface area contributed by atoms with Gasteiger partial charge in [-0.1, -0.05) is 48.5 Å². The third kappa shape index (κ3) is 5.15. The summed E-state index contributed by atoms with van der Waals surface area (Å²) in [5.41, 5.74) is 2.78. The highest BCUT2D eigenvalue weighted by Gasteiger charge is 2.12. The minimum Gasteiger partial charge on any atom is -0.492 e. The Morgan fingerprint density at radius 1 is 1.00 bits per heavy atom. The van der Waals surface area contributed by atoms with E-state index in [-0.39, 0.29) is 12.3 Å². The number of aromatic nitrogens is 1. The van der Waals surface area contributed by atoms with Crippen LogP contribution in [0.1, 0.15) is 6.42 Å². The third-order valence-corrected chi connectivity index (χ3v) is 4.93. The van der Waals surface area contributed by atoms with Crippen LogP contribution in [0.4, 0.5) is 11.5 Å². The van der Waals surface area contributed by atoms with Crippen molar-refractivity contribution in [3.63, 3.8) is 0 Å². The molecule has 6 heteroatoms. The predicted octanol–water partition coefficient (Wildman–Crippen LogP) is 3.99. The molecule has 3 aromatic rings. The lowest BCUT2D eigenvalue weighted by Gasteiger charge is -2.27. The van der Waals surface area contributed by atoms with E-state index < -0.39 is 0 Å². The molecule has 0 bridgehead atoms. The molecule has 6 nitrogen and oxygen atoms in total. The van der Waals surface area contributed by atoms with E-state index in [0.717, 1.165) is 35.8 Å². The molecule has 0 radical (unpaired) electrons. The number of hydrogen-bond donors (Lipinski definition) is 1. The molecule has 0 saturated carbocycles. The highest BCUT2D eigenvalue weighted by Crippen LogP contribution is 2.29. The lowest BCUT2D eigenvalue weighted by molar-refractivity contribution is -0.116. The van der Waals surface area contributed by atoms with Gasteiger partial charge in [-0.25, -0.2) is 4.98 Å². The van der Waals surface area contributed by atoms with Gasteiger partial charge in [0.15, 0.2) is 0 Å². The van der Waals surface area contributed by atoms with Gasteiger partial charge in [0.05, 0.1) is 38.1 Å². The number of morpholine rings is 1. The number of hydrogen-bond acceptors (Lipinski definition) is 5. The van der Waals surface area contributed by atoms with Crippen molar-refractivity contribution in [3.8, 4) is 16.9 Å². The molecule has 0 aliphatic carbocycles. The molecule has 1 aromatic heterocycles. The van der Waals surface area contributed by atoms with E-state index in [1.54, 1.807) is 6.20 Å². The van der Waals surface area contributed by atoms with Crippen LogP contribution in [0.3, 0.4) is 0 Å². The van der Waals surface area contributed by atoms with Crippen molar-refractivity contribution < 1.29 is 14.3 Å². The summed E-state index contributed by atoms with van der Waals surface area (Å²) in [6.45, 7) is 3.40. The predicted molar refractivity (Wildman–Crippen MR) is 118 cm³/mol. The highest BCUT2D eigenvalue weighted by atomic mass is 16.5. The van der Waals surface area contributed by atoms with Crippen molar-refractivity contribution in [2.24, 2.45) is 0 Å². The summed E-state index contributed by atoms with van der Waals surface area (Å²) >= 11 is 0. The summed E-state index contributed by atoms with van der Waals surface area (Å²) in [7, 11) is 0. The Morgan fingerprint density at radius 3 is 2.53 bits per heavy atom. The molecule has 2 heterocycles. The molecule has 30 heavy (non-hydrogen) atoms. The molecular formula is C24H25N3O3. The van der Waals surface area contributed by atoms with Gasteiger partial charge in [-0.3, -0.25) is 4.79 Å². The van der Waals surface area contributed by atoms with Crippen LogP contribution >= 0.6 is 0 Å². The van der Waals surface area contributed by atoms with E-state index in [1.165, 1.54) is 0 Å². The quantitative estimate of drug-likeness (QED) is 0.646. The summed E-state index contributed by atoms with van der Waals surface area (Å²) in [5.74, 6) is 1.57. The first kappa shape index (κ1) is 19.9. The number of para-hydroxylation sites is 1. The average Bonchev–Trinajstić information content (AvgIpc) is 2.81. The first-order chi connectivity index (χ1) is 14.8. The van der Waals surface area contributed by atoms with Crippen LogP contribution in [-0.2, 0) is 9.53 Å². The number of carbonyl (C=O) groups is 1. The van der Waals surface area contributed by atoms with Gasteiger partial charge in [0, 0.05) is 18.7 Å². The maximum atomic E-state index is 12.3. The maximum Gasteiger partial charge on any atom is 0.227 e. The number of nitrogens with zero attached hydrogens (tertiary/aromatic N) is 2. The van der Waals surface area contributed by atoms with Crippen molar-refractivity contribution in [2.45, 2.75) is 6.42 Å². The molecule has 1 aliphatic rings. The van der Waals surface area contributed by atoms with Crippen LogP contribution in [0.5, 0.6) is 5.75 Å². The highest BCUT2D eigenvalue weighted by molar-refractivity contribution is 5.90. The number of pyridine rings is 1. The molecule has 0 spiro atoms. The fourth-order valence-electron chi connectivity index (χ4n) is 3.37. The Bertz CT molecular complexity index is 955.